The lowest BCUT2D eigenvalue weighted by Gasteiger charge is -2.30. The van der Waals surface area contributed by atoms with Gasteiger partial charge in [-0.25, -0.2) is 9.37 Å². The maximum atomic E-state index is 13.6. The zero-order valence-electron chi connectivity index (χ0n) is 19.3. The number of benzene rings is 3. The van der Waals surface area contributed by atoms with Gasteiger partial charge in [-0.1, -0.05) is 48.0 Å². The first kappa shape index (κ1) is 21.9. The fourth-order valence-corrected chi connectivity index (χ4v) is 4.39. The van der Waals surface area contributed by atoms with E-state index in [9.17, 15) is 9.18 Å². The van der Waals surface area contributed by atoms with E-state index in [0.717, 1.165) is 34.2 Å². The predicted octanol–water partition coefficient (Wildman–Crippen LogP) is 5.89. The highest BCUT2D eigenvalue weighted by molar-refractivity contribution is 5.83. The van der Waals surface area contributed by atoms with Crippen LogP contribution in [0, 0.1) is 12.7 Å². The molecule has 1 aromatic heterocycles. The van der Waals surface area contributed by atoms with Gasteiger partial charge in [0, 0.05) is 24.3 Å². The number of carbonyl (C=O) groups is 1. The Morgan fingerprint density at radius 3 is 2.38 bits per heavy atom. The summed E-state index contributed by atoms with van der Waals surface area (Å²) in [7, 11) is 0. The molecule has 0 aliphatic carbocycles. The predicted molar refractivity (Wildman–Crippen MR) is 132 cm³/mol. The molecule has 0 fully saturated rings. The summed E-state index contributed by atoms with van der Waals surface area (Å²) in [5.41, 5.74) is 4.72. The summed E-state index contributed by atoms with van der Waals surface area (Å²) < 4.78 is 15.7. The van der Waals surface area contributed by atoms with Crippen LogP contribution in [-0.4, -0.2) is 26.9 Å². The van der Waals surface area contributed by atoms with Gasteiger partial charge in [0.15, 0.2) is 0 Å². The molecule has 0 radical (unpaired) electrons. The van der Waals surface area contributed by atoms with Gasteiger partial charge >= 0.3 is 0 Å². The molecule has 2 heterocycles. The molecule has 3 aromatic carbocycles. The maximum Gasteiger partial charge on any atom is 0.230 e. The third-order valence-corrected chi connectivity index (χ3v) is 6.39. The Morgan fingerprint density at radius 2 is 1.68 bits per heavy atom. The molecular weight excluding hydrogens is 427 g/mol. The molecule has 5 nitrogen and oxygen atoms in total. The third-order valence-electron chi connectivity index (χ3n) is 6.39. The second kappa shape index (κ2) is 9.14. The van der Waals surface area contributed by atoms with E-state index in [2.05, 4.69) is 28.9 Å². The zero-order chi connectivity index (χ0) is 23.7. The number of anilines is 2. The minimum Gasteiger partial charge on any atom is -0.340 e. The number of hydrogen-bond acceptors (Lipinski definition) is 3. The number of nitrogens with one attached hydrogen (secondary N) is 1. The number of hydrogen-bond donors (Lipinski definition) is 1. The van der Waals surface area contributed by atoms with Crippen LogP contribution < -0.4 is 5.32 Å². The fraction of sp³-hybridized carbons (Fsp3) is 0.214. The lowest BCUT2D eigenvalue weighted by molar-refractivity contribution is -0.134. The standard InChI is InChI=1S/C28H27FN4O/c1-19-8-14-24(15-9-19)30-27-26(22-10-12-23(29)13-11-22)31-25-18-32(16-17-33(25)27)28(34)20(2)21-6-4-3-5-7-21/h3-15,20,30H,16-18H2,1-2H3. The molecular formula is C28H27FN4O. The zero-order valence-corrected chi connectivity index (χ0v) is 19.3. The van der Waals surface area contributed by atoms with Crippen molar-refractivity contribution in [2.75, 3.05) is 11.9 Å². The summed E-state index contributed by atoms with van der Waals surface area (Å²) in [6, 6.07) is 24.4. The molecule has 172 valence electrons. The average molecular weight is 455 g/mol. The number of aromatic nitrogens is 2. The highest BCUT2D eigenvalue weighted by atomic mass is 19.1. The van der Waals surface area contributed by atoms with Crippen LogP contribution in [0.3, 0.4) is 0 Å². The first-order chi connectivity index (χ1) is 16.5. The van der Waals surface area contributed by atoms with Crippen LogP contribution in [0.15, 0.2) is 78.9 Å². The number of fused-ring (bicyclic) bond motifs is 1. The van der Waals surface area contributed by atoms with Crippen LogP contribution in [0.2, 0.25) is 0 Å². The molecule has 0 saturated heterocycles. The van der Waals surface area contributed by atoms with E-state index in [1.54, 1.807) is 12.1 Å². The van der Waals surface area contributed by atoms with E-state index in [1.165, 1.54) is 17.7 Å². The Balaban J connectivity index is 1.47. The molecule has 1 amide bonds. The SMILES string of the molecule is Cc1ccc(Nc2c(-c3ccc(F)cc3)nc3n2CCN(C(=O)C(C)c2ccccc2)C3)cc1. The second-order valence-corrected chi connectivity index (χ2v) is 8.77. The van der Waals surface area contributed by atoms with Gasteiger partial charge < -0.3 is 14.8 Å². The van der Waals surface area contributed by atoms with E-state index in [0.29, 0.717) is 19.6 Å². The Kier molecular flexibility index (Phi) is 5.88. The molecule has 34 heavy (non-hydrogen) atoms. The number of amides is 1. The minimum absolute atomic E-state index is 0.0943. The number of aryl methyl sites for hydroxylation is 1. The lowest BCUT2D eigenvalue weighted by Crippen LogP contribution is -2.40. The van der Waals surface area contributed by atoms with Crippen molar-refractivity contribution in [3.63, 3.8) is 0 Å². The van der Waals surface area contributed by atoms with Crippen molar-refractivity contribution in [3.8, 4) is 11.3 Å². The largest absolute Gasteiger partial charge is 0.340 e. The van der Waals surface area contributed by atoms with Crippen molar-refractivity contribution in [1.29, 1.82) is 0 Å². The minimum atomic E-state index is -0.285. The van der Waals surface area contributed by atoms with Crippen molar-refractivity contribution < 1.29 is 9.18 Å². The van der Waals surface area contributed by atoms with Gasteiger partial charge in [0.1, 0.15) is 23.2 Å². The lowest BCUT2D eigenvalue weighted by atomic mass is 9.99. The molecule has 1 N–H and O–H groups in total. The summed E-state index contributed by atoms with van der Waals surface area (Å²) >= 11 is 0. The Bertz CT molecular complexity index is 1300. The first-order valence-corrected chi connectivity index (χ1v) is 11.5. The summed E-state index contributed by atoms with van der Waals surface area (Å²) in [5, 5.41) is 3.52. The fourth-order valence-electron chi connectivity index (χ4n) is 4.39. The highest BCUT2D eigenvalue weighted by Crippen LogP contribution is 2.34. The Morgan fingerprint density at radius 1 is 0.971 bits per heavy atom. The second-order valence-electron chi connectivity index (χ2n) is 8.77. The van der Waals surface area contributed by atoms with Gasteiger partial charge in [0.05, 0.1) is 12.5 Å². The number of nitrogens with zero attached hydrogens (tertiary/aromatic N) is 3. The van der Waals surface area contributed by atoms with Crippen molar-refractivity contribution in [3.05, 3.63) is 102 Å². The number of carbonyl (C=O) groups excluding carboxylic acids is 1. The van der Waals surface area contributed by atoms with Gasteiger partial charge in [0.2, 0.25) is 5.91 Å². The Labute approximate surface area is 198 Å². The molecule has 0 saturated carbocycles. The van der Waals surface area contributed by atoms with Crippen LogP contribution in [0.25, 0.3) is 11.3 Å². The first-order valence-electron chi connectivity index (χ1n) is 11.5. The number of halogens is 1. The van der Waals surface area contributed by atoms with Gasteiger partial charge in [0.25, 0.3) is 0 Å². The molecule has 1 atom stereocenters. The van der Waals surface area contributed by atoms with E-state index in [1.807, 2.05) is 54.3 Å². The van der Waals surface area contributed by atoms with Crippen LogP contribution in [-0.2, 0) is 17.9 Å². The molecule has 5 rings (SSSR count). The number of imidazole rings is 1. The normalized spacial score (nSPS) is 13.9. The average Bonchev–Trinajstić information content (AvgIpc) is 3.23. The van der Waals surface area contributed by atoms with E-state index in [-0.39, 0.29) is 17.6 Å². The van der Waals surface area contributed by atoms with Crippen LogP contribution >= 0.6 is 0 Å². The quantitative estimate of drug-likeness (QED) is 0.409. The van der Waals surface area contributed by atoms with Gasteiger partial charge in [-0.2, -0.15) is 0 Å². The van der Waals surface area contributed by atoms with Gasteiger partial charge in [-0.05, 0) is 55.8 Å². The topological polar surface area (TPSA) is 50.2 Å². The summed E-state index contributed by atoms with van der Waals surface area (Å²) in [4.78, 5) is 20.1. The smallest absolute Gasteiger partial charge is 0.230 e. The molecule has 4 aromatic rings. The molecule has 0 bridgehead atoms. The van der Waals surface area contributed by atoms with Crippen LogP contribution in [0.4, 0.5) is 15.9 Å². The van der Waals surface area contributed by atoms with Crippen LogP contribution in [0.1, 0.15) is 29.8 Å². The molecule has 0 spiro atoms. The van der Waals surface area contributed by atoms with Crippen molar-refractivity contribution in [2.24, 2.45) is 0 Å². The Hall–Kier alpha value is -3.93. The third kappa shape index (κ3) is 4.31. The van der Waals surface area contributed by atoms with Crippen molar-refractivity contribution in [1.82, 2.24) is 14.5 Å². The van der Waals surface area contributed by atoms with Gasteiger partial charge in [-0.15, -0.1) is 0 Å². The maximum absolute atomic E-state index is 13.6. The highest BCUT2D eigenvalue weighted by Gasteiger charge is 2.29. The monoisotopic (exact) mass is 454 g/mol. The van der Waals surface area contributed by atoms with Crippen molar-refractivity contribution in [2.45, 2.75) is 32.9 Å². The molecule has 1 aliphatic heterocycles. The molecule has 1 unspecified atom stereocenters. The van der Waals surface area contributed by atoms with E-state index in [4.69, 9.17) is 4.98 Å². The number of rotatable bonds is 5. The van der Waals surface area contributed by atoms with E-state index >= 15 is 0 Å². The van der Waals surface area contributed by atoms with Crippen LogP contribution in [0.5, 0.6) is 0 Å². The molecule has 1 aliphatic rings. The van der Waals surface area contributed by atoms with Crippen molar-refractivity contribution >= 4 is 17.4 Å². The molecule has 6 heteroatoms. The summed E-state index contributed by atoms with van der Waals surface area (Å²) in [6.45, 7) is 5.67. The summed E-state index contributed by atoms with van der Waals surface area (Å²) in [6.07, 6.45) is 0. The van der Waals surface area contributed by atoms with Gasteiger partial charge in [-0.3, -0.25) is 4.79 Å². The summed E-state index contributed by atoms with van der Waals surface area (Å²) in [5.74, 6) is 1.26. The van der Waals surface area contributed by atoms with E-state index < -0.39 is 0 Å².